The number of hydrogen-bond donors (Lipinski definition) is 0. The van der Waals surface area contributed by atoms with Crippen LogP contribution in [-0.2, 0) is 9.47 Å². The van der Waals surface area contributed by atoms with Crippen LogP contribution in [0.3, 0.4) is 0 Å². The molecule has 0 saturated heterocycles. The lowest BCUT2D eigenvalue weighted by Gasteiger charge is -2.06. The number of ether oxygens (including phenoxy) is 2. The van der Waals surface area contributed by atoms with Gasteiger partial charge in [0.1, 0.15) is 0 Å². The molecule has 3 heteroatoms. The second kappa shape index (κ2) is 7.20. The van der Waals surface area contributed by atoms with E-state index in [1.54, 1.807) is 7.11 Å². The predicted molar refractivity (Wildman–Crippen MR) is 67.6 cm³/mol. The normalized spacial score (nSPS) is 10.5. The molecule has 0 aliphatic rings. The zero-order valence-electron chi connectivity index (χ0n) is 10.8. The van der Waals surface area contributed by atoms with Crippen LogP contribution in [0.15, 0.2) is 18.2 Å². The molecule has 0 unspecified atom stereocenters. The number of rotatable bonds is 7. The molecule has 17 heavy (non-hydrogen) atoms. The fourth-order valence-corrected chi connectivity index (χ4v) is 1.67. The lowest BCUT2D eigenvalue weighted by molar-refractivity contribution is 0.0641. The van der Waals surface area contributed by atoms with E-state index in [0.29, 0.717) is 26.2 Å². The molecule has 0 radical (unpaired) electrons. The van der Waals surface area contributed by atoms with Gasteiger partial charge in [-0.3, -0.25) is 4.79 Å². The van der Waals surface area contributed by atoms with Crippen LogP contribution in [0.2, 0.25) is 0 Å². The van der Waals surface area contributed by atoms with Crippen molar-refractivity contribution in [3.8, 4) is 0 Å². The maximum atomic E-state index is 11.9. The summed E-state index contributed by atoms with van der Waals surface area (Å²) in [6.45, 7) is 5.55. The van der Waals surface area contributed by atoms with Crippen molar-refractivity contribution >= 4 is 5.78 Å². The van der Waals surface area contributed by atoms with E-state index in [2.05, 4.69) is 0 Å². The predicted octanol–water partition coefficient (Wildman–Crippen LogP) is 2.54. The SMILES string of the molecule is COCCOCCC(=O)c1ccc(C)cc1C. The van der Waals surface area contributed by atoms with Gasteiger partial charge in [-0.25, -0.2) is 0 Å². The Balaban J connectivity index is 2.42. The standard InChI is InChI=1S/C14H20O3/c1-11-4-5-13(12(2)10-11)14(15)6-7-17-9-8-16-3/h4-5,10H,6-9H2,1-3H3. The molecule has 3 nitrogen and oxygen atoms in total. The van der Waals surface area contributed by atoms with E-state index >= 15 is 0 Å². The molecule has 94 valence electrons. The van der Waals surface area contributed by atoms with Crippen LogP contribution in [0, 0.1) is 13.8 Å². The minimum atomic E-state index is 0.139. The van der Waals surface area contributed by atoms with Crippen LogP contribution in [-0.4, -0.2) is 32.7 Å². The number of carbonyl (C=O) groups is 1. The molecule has 1 aromatic rings. The fourth-order valence-electron chi connectivity index (χ4n) is 1.67. The summed E-state index contributed by atoms with van der Waals surface area (Å²) in [5, 5.41) is 0. The highest BCUT2D eigenvalue weighted by Crippen LogP contribution is 2.12. The fraction of sp³-hybridized carbons (Fsp3) is 0.500. The third-order valence-corrected chi connectivity index (χ3v) is 2.59. The Morgan fingerprint density at radius 2 is 1.94 bits per heavy atom. The Morgan fingerprint density at radius 3 is 2.59 bits per heavy atom. The molecule has 0 spiro atoms. The lowest BCUT2D eigenvalue weighted by Crippen LogP contribution is -2.09. The number of Topliss-reactive ketones (excluding diaryl/α,β-unsaturated/α-hetero) is 1. The van der Waals surface area contributed by atoms with Gasteiger partial charge in [0.15, 0.2) is 5.78 Å². The van der Waals surface area contributed by atoms with Crippen molar-refractivity contribution in [3.05, 3.63) is 34.9 Å². The quantitative estimate of drug-likeness (QED) is 0.539. The molecule has 0 aliphatic carbocycles. The maximum absolute atomic E-state index is 11.9. The first kappa shape index (κ1) is 13.9. The van der Waals surface area contributed by atoms with Crippen LogP contribution in [0.5, 0.6) is 0 Å². The van der Waals surface area contributed by atoms with Crippen molar-refractivity contribution in [1.82, 2.24) is 0 Å². The molecular formula is C14H20O3. The molecule has 0 aromatic heterocycles. The second-order valence-corrected chi connectivity index (χ2v) is 4.10. The number of aryl methyl sites for hydroxylation is 2. The van der Waals surface area contributed by atoms with Gasteiger partial charge in [0, 0.05) is 19.1 Å². The van der Waals surface area contributed by atoms with E-state index in [0.717, 1.165) is 11.1 Å². The zero-order chi connectivity index (χ0) is 12.7. The first-order valence-electron chi connectivity index (χ1n) is 5.82. The number of carbonyl (C=O) groups excluding carboxylic acids is 1. The summed E-state index contributed by atoms with van der Waals surface area (Å²) >= 11 is 0. The van der Waals surface area contributed by atoms with Gasteiger partial charge in [0.25, 0.3) is 0 Å². The molecule has 0 aliphatic heterocycles. The summed E-state index contributed by atoms with van der Waals surface area (Å²) in [6.07, 6.45) is 0.424. The van der Waals surface area contributed by atoms with Crippen molar-refractivity contribution in [2.24, 2.45) is 0 Å². The van der Waals surface area contributed by atoms with E-state index in [9.17, 15) is 4.79 Å². The summed E-state index contributed by atoms with van der Waals surface area (Å²) in [7, 11) is 1.63. The van der Waals surface area contributed by atoms with Gasteiger partial charge in [-0.2, -0.15) is 0 Å². The Morgan fingerprint density at radius 1 is 1.18 bits per heavy atom. The summed E-state index contributed by atoms with van der Waals surface area (Å²) < 4.78 is 10.1. The van der Waals surface area contributed by atoms with Crippen molar-refractivity contribution in [2.75, 3.05) is 26.9 Å². The summed E-state index contributed by atoms with van der Waals surface area (Å²) in [5.74, 6) is 0.139. The molecule has 0 atom stereocenters. The Labute approximate surface area is 103 Å². The minimum Gasteiger partial charge on any atom is -0.382 e. The van der Waals surface area contributed by atoms with Crippen LogP contribution in [0.4, 0.5) is 0 Å². The van der Waals surface area contributed by atoms with E-state index in [1.807, 2.05) is 32.0 Å². The van der Waals surface area contributed by atoms with E-state index < -0.39 is 0 Å². The second-order valence-electron chi connectivity index (χ2n) is 4.10. The van der Waals surface area contributed by atoms with E-state index in [-0.39, 0.29) is 5.78 Å². The van der Waals surface area contributed by atoms with Gasteiger partial charge < -0.3 is 9.47 Å². The molecule has 0 heterocycles. The molecule has 1 rings (SSSR count). The van der Waals surface area contributed by atoms with E-state index in [1.165, 1.54) is 5.56 Å². The highest BCUT2D eigenvalue weighted by molar-refractivity contribution is 5.97. The number of hydrogen-bond acceptors (Lipinski definition) is 3. The maximum Gasteiger partial charge on any atom is 0.165 e. The Hall–Kier alpha value is -1.19. The molecular weight excluding hydrogens is 216 g/mol. The molecule has 0 saturated carbocycles. The summed E-state index contributed by atoms with van der Waals surface area (Å²) in [5.41, 5.74) is 3.01. The smallest absolute Gasteiger partial charge is 0.165 e. The van der Waals surface area contributed by atoms with Crippen molar-refractivity contribution < 1.29 is 14.3 Å². The van der Waals surface area contributed by atoms with Gasteiger partial charge in [-0.05, 0) is 19.4 Å². The highest BCUT2D eigenvalue weighted by Gasteiger charge is 2.08. The van der Waals surface area contributed by atoms with Gasteiger partial charge in [-0.1, -0.05) is 23.8 Å². The van der Waals surface area contributed by atoms with Gasteiger partial charge in [0.2, 0.25) is 0 Å². The van der Waals surface area contributed by atoms with Gasteiger partial charge in [-0.15, -0.1) is 0 Å². The Bertz CT molecular complexity index is 372. The summed E-state index contributed by atoms with van der Waals surface area (Å²) in [6, 6.07) is 5.88. The largest absolute Gasteiger partial charge is 0.382 e. The van der Waals surface area contributed by atoms with Gasteiger partial charge in [0.05, 0.1) is 19.8 Å². The van der Waals surface area contributed by atoms with Crippen LogP contribution < -0.4 is 0 Å². The lowest BCUT2D eigenvalue weighted by atomic mass is 10.0. The van der Waals surface area contributed by atoms with Crippen molar-refractivity contribution in [1.29, 1.82) is 0 Å². The Kier molecular flexibility index (Phi) is 5.87. The zero-order valence-corrected chi connectivity index (χ0v) is 10.8. The third-order valence-electron chi connectivity index (χ3n) is 2.59. The molecule has 0 fully saturated rings. The van der Waals surface area contributed by atoms with Crippen LogP contribution >= 0.6 is 0 Å². The van der Waals surface area contributed by atoms with Crippen molar-refractivity contribution in [2.45, 2.75) is 20.3 Å². The number of methoxy groups -OCH3 is 1. The molecule has 0 amide bonds. The third kappa shape index (κ3) is 4.67. The van der Waals surface area contributed by atoms with Crippen molar-refractivity contribution in [3.63, 3.8) is 0 Å². The monoisotopic (exact) mass is 236 g/mol. The van der Waals surface area contributed by atoms with Crippen LogP contribution in [0.1, 0.15) is 27.9 Å². The average molecular weight is 236 g/mol. The number of benzene rings is 1. The van der Waals surface area contributed by atoms with Gasteiger partial charge >= 0.3 is 0 Å². The van der Waals surface area contributed by atoms with Crippen LogP contribution in [0.25, 0.3) is 0 Å². The molecule has 1 aromatic carbocycles. The first-order chi connectivity index (χ1) is 8.15. The first-order valence-corrected chi connectivity index (χ1v) is 5.82. The summed E-state index contributed by atoms with van der Waals surface area (Å²) in [4.78, 5) is 11.9. The highest BCUT2D eigenvalue weighted by atomic mass is 16.5. The number of ketones is 1. The van der Waals surface area contributed by atoms with E-state index in [4.69, 9.17) is 9.47 Å². The average Bonchev–Trinajstić information content (AvgIpc) is 2.28. The minimum absolute atomic E-state index is 0.139. The molecule has 0 bridgehead atoms. The topological polar surface area (TPSA) is 35.5 Å². The molecule has 0 N–H and O–H groups in total.